The number of hydrogen-bond acceptors (Lipinski definition) is 4. The maximum atomic E-state index is 5.65. The van der Waals surface area contributed by atoms with E-state index in [-0.39, 0.29) is 24.0 Å². The average Bonchev–Trinajstić information content (AvgIpc) is 3.41. The number of guanidine groups is 1. The lowest BCUT2D eigenvalue weighted by Gasteiger charge is -2.25. The van der Waals surface area contributed by atoms with E-state index in [2.05, 4.69) is 39.4 Å². The minimum Gasteiger partial charge on any atom is -0.381 e. The van der Waals surface area contributed by atoms with E-state index in [9.17, 15) is 0 Å². The van der Waals surface area contributed by atoms with E-state index in [4.69, 9.17) is 9.73 Å². The van der Waals surface area contributed by atoms with Gasteiger partial charge in [-0.05, 0) is 51.3 Å². The predicted molar refractivity (Wildman–Crippen MR) is 125 cm³/mol. The van der Waals surface area contributed by atoms with Crippen molar-refractivity contribution in [3.05, 3.63) is 41.3 Å². The van der Waals surface area contributed by atoms with E-state index in [1.165, 1.54) is 12.8 Å². The van der Waals surface area contributed by atoms with Gasteiger partial charge < -0.3 is 15.0 Å². The molecule has 0 radical (unpaired) electrons. The summed E-state index contributed by atoms with van der Waals surface area (Å²) in [7, 11) is 0. The van der Waals surface area contributed by atoms with Crippen LogP contribution in [-0.2, 0) is 11.3 Å². The molecule has 1 unspecified atom stereocenters. The number of ether oxygens (including phenoxy) is 1. The van der Waals surface area contributed by atoms with Crippen LogP contribution in [0.2, 0.25) is 0 Å². The molecule has 4 rings (SSSR count). The molecular weight excluding hydrogens is 479 g/mol. The van der Waals surface area contributed by atoms with Gasteiger partial charge in [0.1, 0.15) is 0 Å². The van der Waals surface area contributed by atoms with Gasteiger partial charge >= 0.3 is 0 Å². The molecule has 29 heavy (non-hydrogen) atoms. The molecule has 2 aromatic heterocycles. The number of aliphatic imine (C=N–C) groups is 1. The van der Waals surface area contributed by atoms with Crippen LogP contribution in [-0.4, -0.2) is 58.5 Å². The smallest absolute Gasteiger partial charge is 0.194 e. The van der Waals surface area contributed by atoms with Gasteiger partial charge in [-0.3, -0.25) is 0 Å². The van der Waals surface area contributed by atoms with Gasteiger partial charge in [0.15, 0.2) is 11.8 Å². The summed E-state index contributed by atoms with van der Waals surface area (Å²) in [5.41, 5.74) is 3.52. The minimum atomic E-state index is 0. The Bertz CT molecular complexity index is 841. The van der Waals surface area contributed by atoms with Crippen LogP contribution >= 0.6 is 24.0 Å². The number of likely N-dealkylation sites (tertiary alicyclic amines) is 1. The summed E-state index contributed by atoms with van der Waals surface area (Å²) >= 11 is 0. The van der Waals surface area contributed by atoms with Gasteiger partial charge in [0.25, 0.3) is 0 Å². The third-order valence-electron chi connectivity index (χ3n) is 5.70. The highest BCUT2D eigenvalue weighted by atomic mass is 127. The lowest BCUT2D eigenvalue weighted by molar-refractivity contribution is 0.156. The number of aromatic nitrogens is 3. The third kappa shape index (κ3) is 4.91. The first kappa shape index (κ1) is 22.0. The Hall–Kier alpha value is -1.68. The first-order valence-corrected chi connectivity index (χ1v) is 10.2. The van der Waals surface area contributed by atoms with Gasteiger partial charge in [0, 0.05) is 43.5 Å². The molecular formula is C21H31IN6O. The highest BCUT2D eigenvalue weighted by Gasteiger charge is 2.42. The number of rotatable bonds is 4. The van der Waals surface area contributed by atoms with Crippen molar-refractivity contribution >= 4 is 29.9 Å². The minimum absolute atomic E-state index is 0. The van der Waals surface area contributed by atoms with E-state index in [0.717, 1.165) is 61.6 Å². The molecule has 0 aliphatic carbocycles. The van der Waals surface area contributed by atoms with Gasteiger partial charge in [-0.1, -0.05) is 6.07 Å². The molecule has 7 nitrogen and oxygen atoms in total. The quantitative estimate of drug-likeness (QED) is 0.389. The summed E-state index contributed by atoms with van der Waals surface area (Å²) in [6.07, 6.45) is 4.26. The third-order valence-corrected chi connectivity index (χ3v) is 5.70. The highest BCUT2D eigenvalue weighted by Crippen LogP contribution is 2.38. The van der Waals surface area contributed by atoms with Crippen molar-refractivity contribution in [2.75, 3.05) is 32.8 Å². The summed E-state index contributed by atoms with van der Waals surface area (Å²) in [5.74, 6) is 1.84. The summed E-state index contributed by atoms with van der Waals surface area (Å²) in [6.45, 7) is 11.5. The highest BCUT2D eigenvalue weighted by molar-refractivity contribution is 14.0. The van der Waals surface area contributed by atoms with Crippen molar-refractivity contribution in [2.45, 2.75) is 40.2 Å². The molecule has 1 N–H and O–H groups in total. The molecule has 0 bridgehead atoms. The fourth-order valence-electron chi connectivity index (χ4n) is 4.18. The van der Waals surface area contributed by atoms with Crippen LogP contribution in [0.1, 0.15) is 36.7 Å². The molecule has 0 amide bonds. The van der Waals surface area contributed by atoms with Crippen LogP contribution < -0.4 is 5.32 Å². The number of pyridine rings is 1. The topological polar surface area (TPSA) is 67.6 Å². The van der Waals surface area contributed by atoms with Crippen molar-refractivity contribution in [3.63, 3.8) is 0 Å². The second-order valence-corrected chi connectivity index (χ2v) is 8.01. The average molecular weight is 510 g/mol. The first-order valence-electron chi connectivity index (χ1n) is 10.2. The molecule has 1 atom stereocenters. The number of halogens is 1. The molecule has 2 aliphatic heterocycles. The van der Waals surface area contributed by atoms with Crippen LogP contribution in [0.4, 0.5) is 0 Å². The van der Waals surface area contributed by atoms with Crippen molar-refractivity contribution < 1.29 is 4.74 Å². The molecule has 1 spiro atoms. The first-order chi connectivity index (χ1) is 13.6. The van der Waals surface area contributed by atoms with Crippen molar-refractivity contribution in [2.24, 2.45) is 10.4 Å². The summed E-state index contributed by atoms with van der Waals surface area (Å²) < 4.78 is 7.53. The van der Waals surface area contributed by atoms with Crippen molar-refractivity contribution in [1.82, 2.24) is 25.0 Å². The molecule has 2 aromatic rings. The van der Waals surface area contributed by atoms with Gasteiger partial charge in [-0.2, -0.15) is 5.10 Å². The molecule has 158 valence electrons. The van der Waals surface area contributed by atoms with E-state index in [0.29, 0.717) is 12.0 Å². The summed E-state index contributed by atoms with van der Waals surface area (Å²) in [5, 5.41) is 7.94. The number of aryl methyl sites for hydroxylation is 2. The van der Waals surface area contributed by atoms with Gasteiger partial charge in [0.2, 0.25) is 0 Å². The Morgan fingerprint density at radius 1 is 1.31 bits per heavy atom. The zero-order valence-corrected chi connectivity index (χ0v) is 19.8. The second kappa shape index (κ2) is 9.42. The maximum absolute atomic E-state index is 5.65. The molecule has 2 saturated heterocycles. The molecule has 2 fully saturated rings. The monoisotopic (exact) mass is 510 g/mol. The fourth-order valence-corrected chi connectivity index (χ4v) is 4.18. The predicted octanol–water partition coefficient (Wildman–Crippen LogP) is 3.08. The standard InChI is InChI=1S/C21H30N6O.HI/c1-4-22-20(26-9-7-21(14-26)8-10-28-15-21)24-13-18-5-6-19(23-12-18)27-17(3)11-16(2)25-27;/h5-6,11-12H,4,7-10,13-15H2,1-3H3,(H,22,24);1H. The Balaban J connectivity index is 0.00000240. The van der Waals surface area contributed by atoms with Crippen molar-refractivity contribution in [3.8, 4) is 5.82 Å². The van der Waals surface area contributed by atoms with Crippen LogP contribution in [0, 0.1) is 19.3 Å². The fraction of sp³-hybridized carbons (Fsp3) is 0.571. The number of nitrogens with zero attached hydrogens (tertiary/aromatic N) is 5. The number of hydrogen-bond donors (Lipinski definition) is 1. The van der Waals surface area contributed by atoms with Gasteiger partial charge in [-0.25, -0.2) is 14.7 Å². The summed E-state index contributed by atoms with van der Waals surface area (Å²) in [4.78, 5) is 11.8. The lowest BCUT2D eigenvalue weighted by Crippen LogP contribution is -2.41. The molecule has 8 heteroatoms. The maximum Gasteiger partial charge on any atom is 0.194 e. The van der Waals surface area contributed by atoms with Gasteiger partial charge in [0.05, 0.1) is 18.8 Å². The second-order valence-electron chi connectivity index (χ2n) is 8.01. The molecule has 4 heterocycles. The van der Waals surface area contributed by atoms with Crippen LogP contribution in [0.25, 0.3) is 5.82 Å². The molecule has 2 aliphatic rings. The Morgan fingerprint density at radius 3 is 2.79 bits per heavy atom. The van der Waals surface area contributed by atoms with E-state index >= 15 is 0 Å². The normalized spacial score (nSPS) is 21.6. The van der Waals surface area contributed by atoms with Crippen LogP contribution in [0.5, 0.6) is 0 Å². The van der Waals surface area contributed by atoms with E-state index < -0.39 is 0 Å². The van der Waals surface area contributed by atoms with Gasteiger partial charge in [-0.15, -0.1) is 24.0 Å². The summed E-state index contributed by atoms with van der Waals surface area (Å²) in [6, 6.07) is 6.15. The Labute approximate surface area is 190 Å². The number of nitrogens with one attached hydrogen (secondary N) is 1. The van der Waals surface area contributed by atoms with Crippen molar-refractivity contribution in [1.29, 1.82) is 0 Å². The van der Waals surface area contributed by atoms with Crippen LogP contribution in [0.3, 0.4) is 0 Å². The van der Waals surface area contributed by atoms with E-state index in [1.807, 2.05) is 30.8 Å². The molecule has 0 aromatic carbocycles. The lowest BCUT2D eigenvalue weighted by atomic mass is 9.87. The SMILES string of the molecule is CCNC(=NCc1ccc(-n2nc(C)cc2C)nc1)N1CCC2(CCOC2)C1.I. The van der Waals surface area contributed by atoms with E-state index in [1.54, 1.807) is 0 Å². The zero-order valence-electron chi connectivity index (χ0n) is 17.5. The largest absolute Gasteiger partial charge is 0.381 e. The Morgan fingerprint density at radius 2 is 2.17 bits per heavy atom. The zero-order chi connectivity index (χ0) is 19.6. The Kier molecular flexibility index (Phi) is 7.15. The van der Waals surface area contributed by atoms with Crippen LogP contribution in [0.15, 0.2) is 29.4 Å². The molecule has 0 saturated carbocycles.